The molecule has 5 nitrogen and oxygen atoms in total. The molecule has 0 bridgehead atoms. The Hall–Kier alpha value is -2.94. The van der Waals surface area contributed by atoms with E-state index in [1.165, 1.54) is 18.2 Å². The zero-order valence-corrected chi connectivity index (χ0v) is 13.4. The van der Waals surface area contributed by atoms with Crippen LogP contribution in [0.3, 0.4) is 0 Å². The summed E-state index contributed by atoms with van der Waals surface area (Å²) in [6, 6.07) is 6.99. The lowest BCUT2D eigenvalue weighted by Crippen LogP contribution is -2.12. The number of hydrogen-bond donors (Lipinski definition) is 1. The average molecular weight is 386 g/mol. The van der Waals surface area contributed by atoms with Crippen molar-refractivity contribution in [3.63, 3.8) is 0 Å². The van der Waals surface area contributed by atoms with E-state index >= 15 is 0 Å². The lowest BCUT2D eigenvalue weighted by molar-refractivity contribution is -0.137. The minimum absolute atomic E-state index is 0.0117. The molecule has 3 aromatic rings. The molecule has 0 aliphatic rings. The standard InChI is InChI=1S/C16H8ClF4N3O2/c17-12-7-10(18)5-6-11(12)13(25)22-15-24-23-14(26-15)8-1-3-9(4-2-8)16(19,20)21/h1-7H,(H,22,24,25). The first-order chi connectivity index (χ1) is 12.2. The molecule has 0 fully saturated rings. The quantitative estimate of drug-likeness (QED) is 0.657. The number of rotatable bonds is 3. The number of nitrogens with zero attached hydrogens (tertiary/aromatic N) is 2. The molecule has 0 saturated heterocycles. The number of amides is 1. The number of carbonyl (C=O) groups excluding carboxylic acids is 1. The fraction of sp³-hybridized carbons (Fsp3) is 0.0625. The minimum atomic E-state index is -4.46. The van der Waals surface area contributed by atoms with Gasteiger partial charge < -0.3 is 4.42 Å². The first-order valence-electron chi connectivity index (χ1n) is 7.01. The van der Waals surface area contributed by atoms with Gasteiger partial charge in [-0.25, -0.2) is 4.39 Å². The van der Waals surface area contributed by atoms with Gasteiger partial charge >= 0.3 is 12.2 Å². The highest BCUT2D eigenvalue weighted by Gasteiger charge is 2.30. The molecule has 1 N–H and O–H groups in total. The summed E-state index contributed by atoms with van der Waals surface area (Å²) in [6.07, 6.45) is -4.46. The summed E-state index contributed by atoms with van der Waals surface area (Å²) in [5, 5.41) is 9.42. The van der Waals surface area contributed by atoms with E-state index in [-0.39, 0.29) is 28.1 Å². The maximum absolute atomic E-state index is 13.0. The van der Waals surface area contributed by atoms with Crippen molar-refractivity contribution in [2.45, 2.75) is 6.18 Å². The largest absolute Gasteiger partial charge is 0.416 e. The number of halogens is 5. The van der Waals surface area contributed by atoms with E-state index in [1.807, 2.05) is 0 Å². The van der Waals surface area contributed by atoms with Crippen LogP contribution in [0.15, 0.2) is 46.9 Å². The topological polar surface area (TPSA) is 68.0 Å². The van der Waals surface area contributed by atoms with Gasteiger partial charge in [-0.15, -0.1) is 5.10 Å². The van der Waals surface area contributed by atoms with Gasteiger partial charge in [-0.3, -0.25) is 10.1 Å². The molecule has 0 atom stereocenters. The molecular weight excluding hydrogens is 378 g/mol. The Bertz CT molecular complexity index is 955. The van der Waals surface area contributed by atoms with Gasteiger partial charge in [0.25, 0.3) is 5.91 Å². The average Bonchev–Trinajstić information content (AvgIpc) is 3.02. The summed E-state index contributed by atoms with van der Waals surface area (Å²) in [7, 11) is 0. The van der Waals surface area contributed by atoms with Crippen molar-refractivity contribution in [3.8, 4) is 11.5 Å². The van der Waals surface area contributed by atoms with Crippen LogP contribution < -0.4 is 5.32 Å². The van der Waals surface area contributed by atoms with Crippen LogP contribution in [0.1, 0.15) is 15.9 Å². The zero-order chi connectivity index (χ0) is 18.9. The zero-order valence-electron chi connectivity index (χ0n) is 12.6. The Morgan fingerprint density at radius 2 is 1.77 bits per heavy atom. The first-order valence-corrected chi connectivity index (χ1v) is 7.39. The van der Waals surface area contributed by atoms with Crippen molar-refractivity contribution in [1.29, 1.82) is 0 Å². The molecule has 10 heteroatoms. The molecule has 0 aliphatic carbocycles. The van der Waals surface area contributed by atoms with Crippen LogP contribution in [-0.4, -0.2) is 16.1 Å². The van der Waals surface area contributed by atoms with Gasteiger partial charge in [0.2, 0.25) is 5.89 Å². The first kappa shape index (κ1) is 17.9. The van der Waals surface area contributed by atoms with Crippen LogP contribution in [0, 0.1) is 5.82 Å². The fourth-order valence-electron chi connectivity index (χ4n) is 2.03. The molecule has 0 spiro atoms. The summed E-state index contributed by atoms with van der Waals surface area (Å²) < 4.78 is 55.9. The molecule has 0 radical (unpaired) electrons. The second-order valence-electron chi connectivity index (χ2n) is 5.07. The Balaban J connectivity index is 1.76. The van der Waals surface area contributed by atoms with E-state index in [1.54, 1.807) is 0 Å². The summed E-state index contributed by atoms with van der Waals surface area (Å²) in [5.41, 5.74) is -0.589. The van der Waals surface area contributed by atoms with Gasteiger partial charge in [0, 0.05) is 5.56 Å². The van der Waals surface area contributed by atoms with Crippen molar-refractivity contribution in [2.75, 3.05) is 5.32 Å². The molecule has 1 heterocycles. The van der Waals surface area contributed by atoms with Gasteiger partial charge in [0.15, 0.2) is 0 Å². The highest BCUT2D eigenvalue weighted by atomic mass is 35.5. The lowest BCUT2D eigenvalue weighted by Gasteiger charge is -2.06. The second kappa shape index (κ2) is 6.75. The monoisotopic (exact) mass is 385 g/mol. The Morgan fingerprint density at radius 1 is 1.08 bits per heavy atom. The lowest BCUT2D eigenvalue weighted by atomic mass is 10.1. The van der Waals surface area contributed by atoms with Crippen LogP contribution in [0.25, 0.3) is 11.5 Å². The van der Waals surface area contributed by atoms with Gasteiger partial charge in [-0.05, 0) is 42.5 Å². The van der Waals surface area contributed by atoms with E-state index in [2.05, 4.69) is 15.5 Å². The second-order valence-corrected chi connectivity index (χ2v) is 5.47. The number of aromatic nitrogens is 2. The number of benzene rings is 2. The van der Waals surface area contributed by atoms with Crippen LogP contribution in [-0.2, 0) is 6.18 Å². The van der Waals surface area contributed by atoms with Crippen molar-refractivity contribution < 1.29 is 26.8 Å². The molecule has 0 aliphatic heterocycles. The minimum Gasteiger partial charge on any atom is -0.403 e. The Kier molecular flexibility index (Phi) is 4.64. The third-order valence-corrected chi connectivity index (χ3v) is 3.59. The smallest absolute Gasteiger partial charge is 0.403 e. The van der Waals surface area contributed by atoms with Gasteiger partial charge in [0.1, 0.15) is 5.82 Å². The number of alkyl halides is 3. The molecule has 3 rings (SSSR count). The number of anilines is 1. The van der Waals surface area contributed by atoms with Crippen LogP contribution in [0.4, 0.5) is 23.6 Å². The third-order valence-electron chi connectivity index (χ3n) is 3.28. The number of carbonyl (C=O) groups is 1. The van der Waals surface area contributed by atoms with Crippen molar-refractivity contribution in [3.05, 3.63) is 64.4 Å². The summed E-state index contributed by atoms with van der Waals surface area (Å²) in [6.45, 7) is 0. The molecule has 26 heavy (non-hydrogen) atoms. The highest BCUT2D eigenvalue weighted by molar-refractivity contribution is 6.34. The van der Waals surface area contributed by atoms with E-state index in [4.69, 9.17) is 16.0 Å². The predicted octanol–water partition coefficient (Wildman–Crippen LogP) is 4.80. The molecule has 2 aromatic carbocycles. The predicted molar refractivity (Wildman–Crippen MR) is 84.1 cm³/mol. The summed E-state index contributed by atoms with van der Waals surface area (Å²) in [5.74, 6) is -1.40. The molecule has 0 saturated carbocycles. The normalized spacial score (nSPS) is 11.4. The van der Waals surface area contributed by atoms with Crippen molar-refractivity contribution in [2.24, 2.45) is 0 Å². The third kappa shape index (κ3) is 3.83. The van der Waals surface area contributed by atoms with Crippen LogP contribution in [0.2, 0.25) is 5.02 Å². The van der Waals surface area contributed by atoms with E-state index in [0.29, 0.717) is 0 Å². The summed E-state index contributed by atoms with van der Waals surface area (Å²) >= 11 is 5.78. The molecule has 134 valence electrons. The van der Waals surface area contributed by atoms with E-state index in [0.717, 1.165) is 24.3 Å². The molecular formula is C16H8ClF4N3O2. The maximum atomic E-state index is 13.0. The number of nitrogens with one attached hydrogen (secondary N) is 1. The summed E-state index contributed by atoms with van der Waals surface area (Å²) in [4.78, 5) is 12.1. The SMILES string of the molecule is O=C(Nc1nnc(-c2ccc(C(F)(F)F)cc2)o1)c1ccc(F)cc1Cl. The molecule has 1 aromatic heterocycles. The van der Waals surface area contributed by atoms with E-state index in [9.17, 15) is 22.4 Å². The van der Waals surface area contributed by atoms with E-state index < -0.39 is 23.5 Å². The van der Waals surface area contributed by atoms with Crippen molar-refractivity contribution >= 4 is 23.5 Å². The van der Waals surface area contributed by atoms with Crippen LogP contribution >= 0.6 is 11.6 Å². The van der Waals surface area contributed by atoms with Crippen LogP contribution in [0.5, 0.6) is 0 Å². The van der Waals surface area contributed by atoms with Crippen molar-refractivity contribution in [1.82, 2.24) is 10.2 Å². The van der Waals surface area contributed by atoms with Gasteiger partial charge in [0.05, 0.1) is 16.1 Å². The van der Waals surface area contributed by atoms with Gasteiger partial charge in [-0.1, -0.05) is 16.7 Å². The van der Waals surface area contributed by atoms with Gasteiger partial charge in [-0.2, -0.15) is 13.2 Å². The number of hydrogen-bond acceptors (Lipinski definition) is 4. The maximum Gasteiger partial charge on any atom is 0.416 e. The fourth-order valence-corrected chi connectivity index (χ4v) is 2.28. The Morgan fingerprint density at radius 3 is 2.38 bits per heavy atom. The Labute approximate surface area is 148 Å². The molecule has 1 amide bonds. The highest BCUT2D eigenvalue weighted by Crippen LogP contribution is 2.31. The molecule has 0 unspecified atom stereocenters.